The smallest absolute Gasteiger partial charge is 0.160 e. The molecule has 0 atom stereocenters. The molecule has 0 aliphatic carbocycles. The van der Waals surface area contributed by atoms with Gasteiger partial charge in [0.1, 0.15) is 29.4 Å². The van der Waals surface area contributed by atoms with Crippen LogP contribution in [0.25, 0.3) is 55.8 Å². The number of ether oxygens (including phenoxy) is 1. The molecule has 37 heavy (non-hydrogen) atoms. The molecule has 0 radical (unpaired) electrons. The lowest BCUT2D eigenvalue weighted by molar-refractivity contribution is 0.261. The standard InChI is InChI=1S/C28H24FN7O/c1-36(2)11-12-37-19-13-18(15-30-16-19)17-7-8-24-22(14-17)26(35-34-24)28-32-25-21(9-10-31-27(25)33-28)20-5-3-4-6-23(20)29/h3-10,13-16H,11-12H2,1-2H3,(H,34,35)(H,31,32,33). The largest absolute Gasteiger partial charge is 0.491 e. The number of hydrogen-bond acceptors (Lipinski definition) is 6. The second-order valence-corrected chi connectivity index (χ2v) is 9.01. The number of aromatic nitrogens is 6. The van der Waals surface area contributed by atoms with Crippen LogP contribution in [-0.2, 0) is 0 Å². The normalized spacial score (nSPS) is 11.6. The maximum Gasteiger partial charge on any atom is 0.160 e. The SMILES string of the molecule is CN(C)CCOc1cncc(-c2ccc3[nH]nc(-c4nc5c(-c6ccccc6F)ccnc5[nH]4)c3c2)c1. The first-order chi connectivity index (χ1) is 18.1. The summed E-state index contributed by atoms with van der Waals surface area (Å²) in [4.78, 5) is 18.9. The maximum absolute atomic E-state index is 14.5. The van der Waals surface area contributed by atoms with Gasteiger partial charge in [0.15, 0.2) is 11.5 Å². The van der Waals surface area contributed by atoms with Gasteiger partial charge in [-0.05, 0) is 50.0 Å². The Kier molecular flexibility index (Phi) is 5.82. The minimum absolute atomic E-state index is 0.309. The van der Waals surface area contributed by atoms with E-state index in [0.29, 0.717) is 40.4 Å². The van der Waals surface area contributed by atoms with Crippen LogP contribution in [0.1, 0.15) is 0 Å². The van der Waals surface area contributed by atoms with Crippen LogP contribution >= 0.6 is 0 Å². The first kappa shape index (κ1) is 22.8. The van der Waals surface area contributed by atoms with Gasteiger partial charge in [-0.2, -0.15) is 5.10 Å². The molecule has 184 valence electrons. The van der Waals surface area contributed by atoms with E-state index < -0.39 is 0 Å². The van der Waals surface area contributed by atoms with Gasteiger partial charge in [0, 0.05) is 41.0 Å². The van der Waals surface area contributed by atoms with Crippen LogP contribution in [-0.4, -0.2) is 62.3 Å². The minimum atomic E-state index is -0.309. The Labute approximate surface area is 212 Å². The zero-order valence-corrected chi connectivity index (χ0v) is 20.4. The van der Waals surface area contributed by atoms with E-state index >= 15 is 0 Å². The third-order valence-electron chi connectivity index (χ3n) is 6.19. The number of nitrogens with zero attached hydrogens (tertiary/aromatic N) is 5. The van der Waals surface area contributed by atoms with E-state index in [-0.39, 0.29) is 5.82 Å². The maximum atomic E-state index is 14.5. The van der Waals surface area contributed by atoms with Crippen LogP contribution in [0.2, 0.25) is 0 Å². The van der Waals surface area contributed by atoms with E-state index in [2.05, 4.69) is 30.0 Å². The second-order valence-electron chi connectivity index (χ2n) is 9.01. The van der Waals surface area contributed by atoms with Crippen LogP contribution in [0, 0.1) is 5.82 Å². The molecule has 0 saturated carbocycles. The van der Waals surface area contributed by atoms with Crippen LogP contribution < -0.4 is 4.74 Å². The van der Waals surface area contributed by atoms with Gasteiger partial charge in [-0.1, -0.05) is 24.3 Å². The number of likely N-dealkylation sites (N-methyl/N-ethyl adjacent to an activating group) is 1. The first-order valence-electron chi connectivity index (χ1n) is 11.9. The molecule has 2 aromatic carbocycles. The van der Waals surface area contributed by atoms with Crippen molar-refractivity contribution in [1.82, 2.24) is 35.0 Å². The van der Waals surface area contributed by atoms with E-state index in [1.165, 1.54) is 6.07 Å². The van der Waals surface area contributed by atoms with Crippen LogP contribution in [0.15, 0.2) is 73.2 Å². The van der Waals surface area contributed by atoms with Crippen molar-refractivity contribution in [1.29, 1.82) is 0 Å². The van der Waals surface area contributed by atoms with Gasteiger partial charge in [0.2, 0.25) is 0 Å². The molecule has 0 spiro atoms. The van der Waals surface area contributed by atoms with Crippen molar-refractivity contribution in [2.75, 3.05) is 27.2 Å². The van der Waals surface area contributed by atoms with Gasteiger partial charge < -0.3 is 14.6 Å². The average molecular weight is 494 g/mol. The van der Waals surface area contributed by atoms with Crippen LogP contribution in [0.4, 0.5) is 4.39 Å². The number of rotatable bonds is 7. The van der Waals surface area contributed by atoms with E-state index in [1.807, 2.05) is 44.6 Å². The predicted octanol–water partition coefficient (Wildman–Crippen LogP) is 5.31. The molecule has 0 fully saturated rings. The fraction of sp³-hybridized carbons (Fsp3) is 0.143. The Morgan fingerprint density at radius 1 is 0.973 bits per heavy atom. The third-order valence-corrected chi connectivity index (χ3v) is 6.19. The monoisotopic (exact) mass is 493 g/mol. The molecule has 9 heteroatoms. The molecule has 0 aliphatic rings. The van der Waals surface area contributed by atoms with E-state index in [1.54, 1.807) is 36.7 Å². The zero-order valence-electron chi connectivity index (χ0n) is 20.4. The fourth-order valence-corrected chi connectivity index (χ4v) is 4.30. The number of hydrogen-bond donors (Lipinski definition) is 2. The summed E-state index contributed by atoms with van der Waals surface area (Å²) in [5.74, 6) is 0.959. The quantitative estimate of drug-likeness (QED) is 0.313. The second kappa shape index (κ2) is 9.44. The summed E-state index contributed by atoms with van der Waals surface area (Å²) in [7, 11) is 4.02. The Hall–Kier alpha value is -4.63. The number of halogens is 1. The molecule has 0 amide bonds. The summed E-state index contributed by atoms with van der Waals surface area (Å²) in [6.45, 7) is 1.40. The van der Waals surface area contributed by atoms with Crippen molar-refractivity contribution in [2.24, 2.45) is 0 Å². The van der Waals surface area contributed by atoms with Crippen LogP contribution in [0.3, 0.4) is 0 Å². The minimum Gasteiger partial charge on any atom is -0.491 e. The molecule has 6 rings (SSSR count). The van der Waals surface area contributed by atoms with Gasteiger partial charge in [-0.3, -0.25) is 10.1 Å². The summed E-state index contributed by atoms with van der Waals surface area (Å²) in [6.07, 6.45) is 5.18. The molecule has 0 unspecified atom stereocenters. The molecule has 4 aromatic heterocycles. The third kappa shape index (κ3) is 4.41. The zero-order chi connectivity index (χ0) is 25.4. The number of H-pyrrole nitrogens is 2. The summed E-state index contributed by atoms with van der Waals surface area (Å²) in [5, 5.41) is 8.50. The van der Waals surface area contributed by atoms with Crippen molar-refractivity contribution in [2.45, 2.75) is 0 Å². The number of fused-ring (bicyclic) bond motifs is 2. The Bertz CT molecular complexity index is 1720. The lowest BCUT2D eigenvalue weighted by Gasteiger charge is -2.11. The average Bonchev–Trinajstić information content (AvgIpc) is 3.52. The summed E-state index contributed by atoms with van der Waals surface area (Å²) >= 11 is 0. The molecule has 6 aromatic rings. The van der Waals surface area contributed by atoms with E-state index in [9.17, 15) is 4.39 Å². The fourth-order valence-electron chi connectivity index (χ4n) is 4.30. The summed E-state index contributed by atoms with van der Waals surface area (Å²) in [6, 6.07) is 16.4. The number of nitrogens with one attached hydrogen (secondary N) is 2. The van der Waals surface area contributed by atoms with E-state index in [0.717, 1.165) is 34.3 Å². The first-order valence-corrected chi connectivity index (χ1v) is 11.9. The molecular formula is C28H24FN7O. The van der Waals surface area contributed by atoms with Crippen molar-refractivity contribution >= 4 is 22.1 Å². The van der Waals surface area contributed by atoms with Gasteiger partial charge >= 0.3 is 0 Å². The number of benzene rings is 2. The highest BCUT2D eigenvalue weighted by molar-refractivity contribution is 5.97. The summed E-state index contributed by atoms with van der Waals surface area (Å²) < 4.78 is 20.4. The lowest BCUT2D eigenvalue weighted by atomic mass is 10.0. The lowest BCUT2D eigenvalue weighted by Crippen LogP contribution is -2.19. The summed E-state index contributed by atoms with van der Waals surface area (Å²) in [5.41, 5.74) is 5.72. The molecule has 8 nitrogen and oxygen atoms in total. The Morgan fingerprint density at radius 3 is 2.73 bits per heavy atom. The van der Waals surface area contributed by atoms with Gasteiger partial charge in [-0.25, -0.2) is 14.4 Å². The molecule has 0 saturated heterocycles. The topological polar surface area (TPSA) is 95.6 Å². The highest BCUT2D eigenvalue weighted by atomic mass is 19.1. The highest BCUT2D eigenvalue weighted by Crippen LogP contribution is 2.33. The Balaban J connectivity index is 1.39. The Morgan fingerprint density at radius 2 is 1.86 bits per heavy atom. The molecule has 0 aliphatic heterocycles. The highest BCUT2D eigenvalue weighted by Gasteiger charge is 2.17. The van der Waals surface area contributed by atoms with Gasteiger partial charge in [0.25, 0.3) is 0 Å². The van der Waals surface area contributed by atoms with Crippen molar-refractivity contribution < 1.29 is 9.13 Å². The predicted molar refractivity (Wildman–Crippen MR) is 142 cm³/mol. The molecule has 4 heterocycles. The number of imidazole rings is 1. The van der Waals surface area contributed by atoms with Crippen molar-refractivity contribution in [3.05, 3.63) is 79.0 Å². The van der Waals surface area contributed by atoms with Gasteiger partial charge in [-0.15, -0.1) is 0 Å². The molecule has 2 N–H and O–H groups in total. The molecular weight excluding hydrogens is 469 g/mol. The van der Waals surface area contributed by atoms with Crippen molar-refractivity contribution in [3.8, 4) is 39.5 Å². The van der Waals surface area contributed by atoms with Crippen molar-refractivity contribution in [3.63, 3.8) is 0 Å². The number of pyridine rings is 2. The van der Waals surface area contributed by atoms with E-state index in [4.69, 9.17) is 9.72 Å². The number of aromatic amines is 2. The van der Waals surface area contributed by atoms with Gasteiger partial charge in [0.05, 0.1) is 11.7 Å². The molecule has 0 bridgehead atoms. The van der Waals surface area contributed by atoms with Crippen LogP contribution in [0.5, 0.6) is 5.75 Å².